The van der Waals surface area contributed by atoms with Gasteiger partial charge in [0.1, 0.15) is 12.3 Å². The van der Waals surface area contributed by atoms with Gasteiger partial charge in [0, 0.05) is 18.5 Å². The Balaban J connectivity index is 2.05. The van der Waals surface area contributed by atoms with Crippen LogP contribution in [0.25, 0.3) is 0 Å². The minimum absolute atomic E-state index is 0.121. The second-order valence-electron chi connectivity index (χ2n) is 3.07. The first-order valence-electron chi connectivity index (χ1n) is 4.78. The number of nitrogens with zero attached hydrogens (tertiary/aromatic N) is 2. The third kappa shape index (κ3) is 2.69. The average Bonchev–Trinajstić information content (AvgIpc) is 2.76. The number of morpholine rings is 1. The second-order valence-corrected chi connectivity index (χ2v) is 3.91. The van der Waals surface area contributed by atoms with Gasteiger partial charge in [-0.1, -0.05) is 5.92 Å². The zero-order chi connectivity index (χ0) is 10.5. The molecule has 0 aliphatic carbocycles. The van der Waals surface area contributed by atoms with Crippen molar-refractivity contribution in [2.45, 2.75) is 0 Å². The highest BCUT2D eigenvalue weighted by Gasteiger charge is 2.13. The smallest absolute Gasteiger partial charge is 0.186 e. The van der Waals surface area contributed by atoms with Crippen molar-refractivity contribution in [2.24, 2.45) is 0 Å². The number of rotatable bonds is 1. The van der Waals surface area contributed by atoms with Gasteiger partial charge in [-0.15, -0.1) is 11.3 Å². The molecule has 0 atom stereocenters. The van der Waals surface area contributed by atoms with Crippen LogP contribution in [0.3, 0.4) is 0 Å². The van der Waals surface area contributed by atoms with Crippen molar-refractivity contribution in [3.63, 3.8) is 0 Å². The van der Waals surface area contributed by atoms with Crippen LogP contribution < -0.4 is 4.90 Å². The summed E-state index contributed by atoms with van der Waals surface area (Å²) in [6, 6.07) is 0. The summed E-state index contributed by atoms with van der Waals surface area (Å²) < 4.78 is 5.27. The van der Waals surface area contributed by atoms with E-state index in [1.807, 2.05) is 5.38 Å². The molecule has 1 aromatic heterocycles. The van der Waals surface area contributed by atoms with Crippen LogP contribution in [-0.4, -0.2) is 43.0 Å². The molecule has 1 aliphatic heterocycles. The molecule has 80 valence electrons. The lowest BCUT2D eigenvalue weighted by atomic mass is 10.4. The highest BCUT2D eigenvalue weighted by molar-refractivity contribution is 7.13. The van der Waals surface area contributed by atoms with Crippen LogP contribution in [-0.2, 0) is 4.74 Å². The Morgan fingerprint density at radius 3 is 3.07 bits per heavy atom. The zero-order valence-electron chi connectivity index (χ0n) is 8.27. The van der Waals surface area contributed by atoms with Crippen LogP contribution in [0.4, 0.5) is 5.13 Å². The molecule has 2 heterocycles. The fourth-order valence-corrected chi connectivity index (χ4v) is 2.16. The van der Waals surface area contributed by atoms with Gasteiger partial charge in [-0.2, -0.15) is 0 Å². The molecule has 0 radical (unpaired) electrons. The van der Waals surface area contributed by atoms with E-state index in [0.717, 1.165) is 37.1 Å². The number of thiazole rings is 1. The van der Waals surface area contributed by atoms with Gasteiger partial charge in [-0.25, -0.2) is 4.98 Å². The van der Waals surface area contributed by atoms with Crippen LogP contribution in [0.2, 0.25) is 0 Å². The molecule has 15 heavy (non-hydrogen) atoms. The third-order valence-corrected chi connectivity index (χ3v) is 2.97. The van der Waals surface area contributed by atoms with Crippen molar-refractivity contribution in [3.05, 3.63) is 11.1 Å². The van der Waals surface area contributed by atoms with E-state index in [4.69, 9.17) is 9.84 Å². The molecular formula is C10H12N2O2S. The minimum atomic E-state index is -0.121. The summed E-state index contributed by atoms with van der Waals surface area (Å²) in [7, 11) is 0. The van der Waals surface area contributed by atoms with E-state index in [1.54, 1.807) is 11.3 Å². The zero-order valence-corrected chi connectivity index (χ0v) is 9.09. The first kappa shape index (κ1) is 10.4. The normalized spacial score (nSPS) is 15.9. The Morgan fingerprint density at radius 2 is 2.33 bits per heavy atom. The van der Waals surface area contributed by atoms with E-state index in [2.05, 4.69) is 21.7 Å². The summed E-state index contributed by atoms with van der Waals surface area (Å²) in [5.74, 6) is 5.38. The minimum Gasteiger partial charge on any atom is -0.384 e. The monoisotopic (exact) mass is 224 g/mol. The van der Waals surface area contributed by atoms with Crippen molar-refractivity contribution >= 4 is 16.5 Å². The Bertz CT molecular complexity index is 374. The van der Waals surface area contributed by atoms with E-state index < -0.39 is 0 Å². The van der Waals surface area contributed by atoms with Crippen molar-refractivity contribution in [2.75, 3.05) is 37.8 Å². The number of aliphatic hydroxyl groups is 1. The van der Waals surface area contributed by atoms with Crippen LogP contribution in [0, 0.1) is 11.8 Å². The molecule has 0 aromatic carbocycles. The molecule has 0 amide bonds. The van der Waals surface area contributed by atoms with Crippen molar-refractivity contribution < 1.29 is 9.84 Å². The van der Waals surface area contributed by atoms with Crippen molar-refractivity contribution in [3.8, 4) is 11.8 Å². The van der Waals surface area contributed by atoms with Gasteiger partial charge >= 0.3 is 0 Å². The lowest BCUT2D eigenvalue weighted by molar-refractivity contribution is 0.122. The molecule has 0 unspecified atom stereocenters. The van der Waals surface area contributed by atoms with E-state index in [1.165, 1.54) is 0 Å². The van der Waals surface area contributed by atoms with Gasteiger partial charge < -0.3 is 14.7 Å². The first-order valence-corrected chi connectivity index (χ1v) is 5.66. The van der Waals surface area contributed by atoms with Gasteiger partial charge in [0.15, 0.2) is 5.13 Å². The lowest BCUT2D eigenvalue weighted by Crippen LogP contribution is -2.36. The number of ether oxygens (including phenoxy) is 1. The van der Waals surface area contributed by atoms with Crippen LogP contribution in [0.1, 0.15) is 5.69 Å². The number of hydrogen-bond acceptors (Lipinski definition) is 5. The molecule has 1 saturated heterocycles. The molecule has 0 spiro atoms. The Hall–Kier alpha value is -1.09. The SMILES string of the molecule is OCC#Cc1csc(N2CCOCC2)n1. The maximum Gasteiger partial charge on any atom is 0.186 e. The van der Waals surface area contributed by atoms with E-state index in [-0.39, 0.29) is 6.61 Å². The molecule has 4 nitrogen and oxygen atoms in total. The quantitative estimate of drug-likeness (QED) is 0.698. The van der Waals surface area contributed by atoms with Crippen LogP contribution >= 0.6 is 11.3 Å². The summed E-state index contributed by atoms with van der Waals surface area (Å²) in [5, 5.41) is 11.5. The van der Waals surface area contributed by atoms with Crippen LogP contribution in [0.5, 0.6) is 0 Å². The molecular weight excluding hydrogens is 212 g/mol. The number of hydrogen-bond donors (Lipinski definition) is 1. The summed E-state index contributed by atoms with van der Waals surface area (Å²) >= 11 is 1.58. The molecule has 1 N–H and O–H groups in total. The molecule has 5 heteroatoms. The Kier molecular flexibility index (Phi) is 3.56. The summed E-state index contributed by atoms with van der Waals surface area (Å²) in [6.45, 7) is 3.18. The maximum atomic E-state index is 8.56. The standard InChI is InChI=1S/C10H12N2O2S/c13-5-1-2-9-8-15-10(11-9)12-3-6-14-7-4-12/h8,13H,3-7H2. The molecule has 1 fully saturated rings. The maximum absolute atomic E-state index is 8.56. The topological polar surface area (TPSA) is 45.6 Å². The number of anilines is 1. The fraction of sp³-hybridized carbons (Fsp3) is 0.500. The highest BCUT2D eigenvalue weighted by atomic mass is 32.1. The van der Waals surface area contributed by atoms with Crippen LogP contribution in [0.15, 0.2) is 5.38 Å². The molecule has 0 saturated carbocycles. The number of aromatic nitrogens is 1. The lowest BCUT2D eigenvalue weighted by Gasteiger charge is -2.25. The molecule has 2 rings (SSSR count). The summed E-state index contributed by atoms with van der Waals surface area (Å²) in [6.07, 6.45) is 0. The van der Waals surface area contributed by atoms with Gasteiger partial charge in [0.25, 0.3) is 0 Å². The number of aliphatic hydroxyl groups excluding tert-OH is 1. The Morgan fingerprint density at radius 1 is 1.53 bits per heavy atom. The third-order valence-electron chi connectivity index (χ3n) is 2.07. The molecule has 1 aliphatic rings. The van der Waals surface area contributed by atoms with Crippen molar-refractivity contribution in [1.82, 2.24) is 4.98 Å². The molecule has 0 bridgehead atoms. The second kappa shape index (κ2) is 5.12. The largest absolute Gasteiger partial charge is 0.384 e. The first-order chi connectivity index (χ1) is 7.40. The Labute approximate surface area is 92.5 Å². The van der Waals surface area contributed by atoms with E-state index >= 15 is 0 Å². The average molecular weight is 224 g/mol. The summed E-state index contributed by atoms with van der Waals surface area (Å²) in [5.41, 5.74) is 0.732. The molecule has 1 aromatic rings. The van der Waals surface area contributed by atoms with E-state index in [0.29, 0.717) is 0 Å². The predicted molar refractivity (Wildman–Crippen MR) is 59.1 cm³/mol. The highest BCUT2D eigenvalue weighted by Crippen LogP contribution is 2.20. The van der Waals surface area contributed by atoms with Crippen molar-refractivity contribution in [1.29, 1.82) is 0 Å². The summed E-state index contributed by atoms with van der Waals surface area (Å²) in [4.78, 5) is 6.57. The van der Waals surface area contributed by atoms with E-state index in [9.17, 15) is 0 Å². The van der Waals surface area contributed by atoms with Gasteiger partial charge in [-0.05, 0) is 5.92 Å². The fourth-order valence-electron chi connectivity index (χ4n) is 1.35. The van der Waals surface area contributed by atoms with Gasteiger partial charge in [0.2, 0.25) is 0 Å². The predicted octanol–water partition coefficient (Wildman–Crippen LogP) is 0.323. The van der Waals surface area contributed by atoms with Gasteiger partial charge in [0.05, 0.1) is 13.2 Å². The van der Waals surface area contributed by atoms with Gasteiger partial charge in [-0.3, -0.25) is 0 Å².